The maximum atomic E-state index is 5.03. The van der Waals surface area contributed by atoms with Crippen LogP contribution in [0.15, 0.2) is 151 Å². The van der Waals surface area contributed by atoms with E-state index in [1.54, 1.807) is 11.1 Å². The fraction of sp³-hybridized carbons (Fsp3) is 0.259. The van der Waals surface area contributed by atoms with E-state index in [9.17, 15) is 0 Å². The summed E-state index contributed by atoms with van der Waals surface area (Å²) in [6.07, 6.45) is 19.8. The minimum atomic E-state index is -0.0384. The second-order valence-corrected chi connectivity index (χ2v) is 18.5. The van der Waals surface area contributed by atoms with Gasteiger partial charge in [0.15, 0.2) is 0 Å². The van der Waals surface area contributed by atoms with Crippen molar-refractivity contribution >= 4 is 54.0 Å². The molecule has 0 saturated heterocycles. The molecule has 276 valence electrons. The predicted molar refractivity (Wildman–Crippen MR) is 240 cm³/mol. The zero-order valence-corrected chi connectivity index (χ0v) is 33.5. The van der Waals surface area contributed by atoms with Gasteiger partial charge in [0.25, 0.3) is 0 Å². The Bertz CT molecular complexity index is 2730. The lowest BCUT2D eigenvalue weighted by Gasteiger charge is -2.36. The summed E-state index contributed by atoms with van der Waals surface area (Å²) < 4.78 is 2.68. The van der Waals surface area contributed by atoms with E-state index in [2.05, 4.69) is 146 Å². The van der Waals surface area contributed by atoms with Crippen LogP contribution in [0.4, 0.5) is 11.4 Å². The molecule has 1 aromatic heterocycles. The second kappa shape index (κ2) is 13.2. The summed E-state index contributed by atoms with van der Waals surface area (Å²) in [6, 6.07) is 39.8. The summed E-state index contributed by atoms with van der Waals surface area (Å²) >= 11 is 1.91. The Morgan fingerprint density at radius 3 is 2.50 bits per heavy atom. The van der Waals surface area contributed by atoms with Crippen molar-refractivity contribution in [3.05, 3.63) is 190 Å². The maximum Gasteiger partial charge on any atom is 0.0586 e. The smallest absolute Gasteiger partial charge is 0.0586 e. The van der Waals surface area contributed by atoms with E-state index in [0.29, 0.717) is 5.92 Å². The van der Waals surface area contributed by atoms with Crippen molar-refractivity contribution in [3.63, 3.8) is 0 Å². The molecule has 56 heavy (non-hydrogen) atoms. The Morgan fingerprint density at radius 1 is 0.750 bits per heavy atom. The molecule has 0 bridgehead atoms. The second-order valence-electron chi connectivity index (χ2n) is 17.4. The fourth-order valence-electron chi connectivity index (χ4n) is 11.1. The molecular weight excluding hydrogens is 695 g/mol. The molecule has 5 aliphatic rings. The normalized spacial score (nSPS) is 21.6. The third kappa shape index (κ3) is 5.32. The molecule has 5 aromatic carbocycles. The highest BCUT2D eigenvalue weighted by Crippen LogP contribution is 2.54. The van der Waals surface area contributed by atoms with Crippen LogP contribution in [0.2, 0.25) is 0 Å². The molecule has 0 spiro atoms. The number of nitrogens with zero attached hydrogens (tertiary/aromatic N) is 1. The van der Waals surface area contributed by atoms with Gasteiger partial charge in [-0.25, -0.2) is 0 Å². The number of thiophene rings is 1. The van der Waals surface area contributed by atoms with Crippen molar-refractivity contribution in [1.29, 1.82) is 0 Å². The van der Waals surface area contributed by atoms with Gasteiger partial charge in [-0.15, -0.1) is 11.3 Å². The Balaban J connectivity index is 1.05. The largest absolute Gasteiger partial charge is 0.333 e. The van der Waals surface area contributed by atoms with Gasteiger partial charge in [0.1, 0.15) is 0 Å². The van der Waals surface area contributed by atoms with Crippen molar-refractivity contribution in [1.82, 2.24) is 0 Å². The minimum absolute atomic E-state index is 0.0384. The molecule has 2 atom stereocenters. The van der Waals surface area contributed by atoms with Crippen molar-refractivity contribution in [2.75, 3.05) is 4.90 Å². The van der Waals surface area contributed by atoms with Gasteiger partial charge in [0, 0.05) is 37.2 Å². The van der Waals surface area contributed by atoms with Crippen LogP contribution in [0.25, 0.3) is 31.3 Å². The molecule has 2 heteroatoms. The van der Waals surface area contributed by atoms with Gasteiger partial charge < -0.3 is 4.90 Å². The number of benzene rings is 5. The van der Waals surface area contributed by atoms with Crippen LogP contribution in [0.3, 0.4) is 0 Å². The van der Waals surface area contributed by atoms with Crippen LogP contribution < -0.4 is 4.90 Å². The van der Waals surface area contributed by atoms with Gasteiger partial charge in [-0.3, -0.25) is 0 Å². The standard InChI is InChI=1S/C54H49NS/c1-34-29-38-32-45-39(31-37-18-13-21-41(52(37)45)35-15-5-4-6-16-35)30-36(38)17-7-11-23-48(34)55(49-24-14-26-51-53(49)44-20-9-12-25-50(44)56-51)40-27-28-43-42-19-8-10-22-46(42)54(2,3)47(43)33-40/h4-7,9,11-12,14-16,19-20,22,24-28,30,32-33,41,48H,1,8,10,13,17-18,21,23,29,31H2,2-3H3/b11-7-. The molecule has 5 aliphatic carbocycles. The first kappa shape index (κ1) is 34.1. The number of hydrogen-bond donors (Lipinski definition) is 0. The minimum Gasteiger partial charge on any atom is -0.333 e. The average molecular weight is 744 g/mol. The van der Waals surface area contributed by atoms with Crippen molar-refractivity contribution in [2.24, 2.45) is 0 Å². The summed E-state index contributed by atoms with van der Waals surface area (Å²) in [5, 5.41) is 2.69. The van der Waals surface area contributed by atoms with E-state index >= 15 is 0 Å². The van der Waals surface area contributed by atoms with E-state index in [-0.39, 0.29) is 11.5 Å². The van der Waals surface area contributed by atoms with Gasteiger partial charge in [-0.2, -0.15) is 0 Å². The molecule has 0 saturated carbocycles. The van der Waals surface area contributed by atoms with Crippen LogP contribution >= 0.6 is 11.3 Å². The highest BCUT2D eigenvalue weighted by molar-refractivity contribution is 7.26. The molecule has 6 aromatic rings. The van der Waals surface area contributed by atoms with E-state index in [0.717, 1.165) is 38.5 Å². The van der Waals surface area contributed by atoms with Crippen molar-refractivity contribution < 1.29 is 0 Å². The molecule has 0 N–H and O–H groups in total. The molecular formula is C54H49NS. The van der Waals surface area contributed by atoms with Gasteiger partial charge in [0.2, 0.25) is 0 Å². The summed E-state index contributed by atoms with van der Waals surface area (Å²) in [7, 11) is 0. The summed E-state index contributed by atoms with van der Waals surface area (Å²) in [5.41, 5.74) is 20.3. The van der Waals surface area contributed by atoms with E-state index in [1.807, 2.05) is 11.3 Å². The molecule has 1 heterocycles. The maximum absolute atomic E-state index is 5.03. The third-order valence-electron chi connectivity index (χ3n) is 13.8. The lowest BCUT2D eigenvalue weighted by molar-refractivity contribution is 0.648. The molecule has 0 radical (unpaired) electrons. The zero-order valence-electron chi connectivity index (χ0n) is 32.7. The van der Waals surface area contributed by atoms with Crippen LogP contribution in [0.5, 0.6) is 0 Å². The van der Waals surface area contributed by atoms with Crippen molar-refractivity contribution in [2.45, 2.75) is 89.0 Å². The Labute approximate surface area is 336 Å². The van der Waals surface area contributed by atoms with E-state index < -0.39 is 0 Å². The predicted octanol–water partition coefficient (Wildman–Crippen LogP) is 14.5. The Kier molecular flexibility index (Phi) is 8.04. The number of fused-ring (bicyclic) bond motifs is 9. The van der Waals surface area contributed by atoms with Gasteiger partial charge in [0.05, 0.1) is 11.7 Å². The first-order valence-corrected chi connectivity index (χ1v) is 21.8. The number of allylic oxidation sites excluding steroid dienone is 7. The van der Waals surface area contributed by atoms with Crippen molar-refractivity contribution in [3.8, 4) is 0 Å². The Hall–Kier alpha value is -5.18. The molecule has 0 amide bonds. The van der Waals surface area contributed by atoms with Crippen LogP contribution in [0.1, 0.15) is 97.2 Å². The van der Waals surface area contributed by atoms with Crippen LogP contribution in [0, 0.1) is 0 Å². The monoisotopic (exact) mass is 743 g/mol. The molecule has 11 rings (SSSR count). The molecule has 1 nitrogen and oxygen atoms in total. The first-order chi connectivity index (χ1) is 27.4. The first-order valence-electron chi connectivity index (χ1n) is 20.9. The van der Waals surface area contributed by atoms with Crippen LogP contribution in [-0.2, 0) is 24.7 Å². The molecule has 0 aliphatic heterocycles. The fourth-order valence-corrected chi connectivity index (χ4v) is 12.3. The van der Waals surface area contributed by atoms with E-state index in [1.165, 1.54) is 106 Å². The molecule has 0 fully saturated rings. The van der Waals surface area contributed by atoms with E-state index in [4.69, 9.17) is 6.58 Å². The third-order valence-corrected chi connectivity index (χ3v) is 14.9. The van der Waals surface area contributed by atoms with Gasteiger partial charge >= 0.3 is 0 Å². The average Bonchev–Trinajstić information content (AvgIpc) is 3.87. The number of hydrogen-bond acceptors (Lipinski definition) is 2. The summed E-state index contributed by atoms with van der Waals surface area (Å²) in [5.74, 6) is 0.488. The summed E-state index contributed by atoms with van der Waals surface area (Å²) in [4.78, 5) is 2.68. The Morgan fingerprint density at radius 2 is 1.59 bits per heavy atom. The highest BCUT2D eigenvalue weighted by Gasteiger charge is 2.40. The highest BCUT2D eigenvalue weighted by atomic mass is 32.1. The lowest BCUT2D eigenvalue weighted by atomic mass is 9.78. The summed E-state index contributed by atoms with van der Waals surface area (Å²) in [6.45, 7) is 9.89. The number of rotatable bonds is 4. The van der Waals surface area contributed by atoms with Crippen LogP contribution in [-0.4, -0.2) is 6.04 Å². The zero-order chi connectivity index (χ0) is 37.5. The number of anilines is 2. The topological polar surface area (TPSA) is 3.24 Å². The van der Waals surface area contributed by atoms with Gasteiger partial charge in [-0.1, -0.05) is 123 Å². The molecule has 2 unspecified atom stereocenters. The quantitative estimate of drug-likeness (QED) is 0.163. The SMILES string of the molecule is C=C1Cc2cc3c(cc2C/C=C\CC1N(c1ccc2c(c1)C(C)(C)C1=CCCC=C12)c1cccc2sc4ccccc4c12)CC1=C3C(c2ccccc2)CCC1. The lowest BCUT2D eigenvalue weighted by Crippen LogP contribution is -2.33. The van der Waals surface area contributed by atoms with Gasteiger partial charge in [-0.05, 0) is 149 Å².